The molecule has 6 nitrogen and oxygen atoms in total. The van der Waals surface area contributed by atoms with Gasteiger partial charge >= 0.3 is 0 Å². The van der Waals surface area contributed by atoms with Crippen LogP contribution >= 0.6 is 11.6 Å². The summed E-state index contributed by atoms with van der Waals surface area (Å²) >= 11 is 5.84. The van der Waals surface area contributed by atoms with Crippen molar-refractivity contribution in [2.24, 2.45) is 5.10 Å². The summed E-state index contributed by atoms with van der Waals surface area (Å²) in [6.07, 6.45) is 1.06. The van der Waals surface area contributed by atoms with Crippen LogP contribution in [0.3, 0.4) is 0 Å². The Labute approximate surface area is 109 Å². The number of halogens is 1. The molecule has 8 heteroatoms. The second-order valence-corrected chi connectivity index (χ2v) is 5.63. The molecule has 0 spiro atoms. The normalized spacial score (nSPS) is 10.0. The number of nitrogens with one attached hydrogen (secondary N) is 1. The summed E-state index contributed by atoms with van der Waals surface area (Å²) in [5.74, 6) is 0. The van der Waals surface area contributed by atoms with Crippen molar-refractivity contribution in [3.05, 3.63) is 23.2 Å². The lowest BCUT2D eigenvalue weighted by molar-refractivity contribution is 0.602. The van der Waals surface area contributed by atoms with Gasteiger partial charge in [-0.2, -0.15) is 15.6 Å². The number of hydrazone groups is 1. The molecule has 0 atom stereocenters. The summed E-state index contributed by atoms with van der Waals surface area (Å²) < 4.78 is 22.5. The molecule has 0 unspecified atom stereocenters. The lowest BCUT2D eigenvalue weighted by Crippen LogP contribution is -2.00. The van der Waals surface area contributed by atoms with Crippen LogP contribution in [0, 0.1) is 22.7 Å². The van der Waals surface area contributed by atoms with Gasteiger partial charge in [-0.15, -0.1) is 0 Å². The smallest absolute Gasteiger partial charge is 0.237 e. The predicted molar refractivity (Wildman–Crippen MR) is 66.8 cm³/mol. The van der Waals surface area contributed by atoms with Crippen LogP contribution in [0.5, 0.6) is 0 Å². The van der Waals surface area contributed by atoms with Crippen molar-refractivity contribution in [1.82, 2.24) is 0 Å². The van der Waals surface area contributed by atoms with Crippen molar-refractivity contribution in [1.29, 1.82) is 10.5 Å². The molecule has 0 saturated carbocycles. The lowest BCUT2D eigenvalue weighted by Gasteiger charge is -2.05. The first kappa shape index (κ1) is 14.0. The molecular weight excluding hydrogens is 276 g/mol. The Morgan fingerprint density at radius 1 is 1.39 bits per heavy atom. The standard InChI is InChI=1S/C10H7ClN4O2S/c1-18(16,17)8-2-3-10(9(11)4-8)15-14-7(5-12)6-13/h2-4,15H,1H3. The van der Waals surface area contributed by atoms with Gasteiger partial charge in [0.2, 0.25) is 5.71 Å². The first-order valence-corrected chi connectivity index (χ1v) is 6.79. The van der Waals surface area contributed by atoms with Crippen molar-refractivity contribution in [2.45, 2.75) is 4.90 Å². The van der Waals surface area contributed by atoms with Gasteiger partial charge < -0.3 is 0 Å². The number of sulfone groups is 1. The van der Waals surface area contributed by atoms with E-state index in [0.29, 0.717) is 5.69 Å². The van der Waals surface area contributed by atoms with Gasteiger partial charge in [0.15, 0.2) is 9.84 Å². The highest BCUT2D eigenvalue weighted by atomic mass is 35.5. The van der Waals surface area contributed by atoms with Crippen LogP contribution in [-0.2, 0) is 9.84 Å². The molecule has 0 amide bonds. The Bertz CT molecular complexity index is 667. The number of nitriles is 2. The fourth-order valence-corrected chi connectivity index (χ4v) is 1.94. The minimum absolute atomic E-state index is 0.0721. The molecule has 18 heavy (non-hydrogen) atoms. The molecule has 0 aliphatic heterocycles. The van der Waals surface area contributed by atoms with Gasteiger partial charge in [0, 0.05) is 6.26 Å². The monoisotopic (exact) mass is 282 g/mol. The molecule has 0 aliphatic carbocycles. The number of hydrogen-bond donors (Lipinski definition) is 1. The Balaban J connectivity index is 3.06. The zero-order chi connectivity index (χ0) is 13.8. The lowest BCUT2D eigenvalue weighted by atomic mass is 10.3. The molecule has 0 aliphatic rings. The molecule has 92 valence electrons. The van der Waals surface area contributed by atoms with E-state index in [1.807, 2.05) is 0 Å². The maximum atomic E-state index is 11.3. The third-order valence-electron chi connectivity index (χ3n) is 1.87. The molecule has 0 saturated heterocycles. The molecule has 0 heterocycles. The second-order valence-electron chi connectivity index (χ2n) is 3.21. The Morgan fingerprint density at radius 3 is 2.44 bits per heavy atom. The van der Waals surface area contributed by atoms with Gasteiger partial charge in [0.25, 0.3) is 0 Å². The summed E-state index contributed by atoms with van der Waals surface area (Å²) in [5.41, 5.74) is 2.35. The number of anilines is 1. The molecule has 0 bridgehead atoms. The van der Waals surface area contributed by atoms with Crippen LogP contribution in [0.25, 0.3) is 0 Å². The van der Waals surface area contributed by atoms with Crippen LogP contribution in [0.4, 0.5) is 5.69 Å². The van der Waals surface area contributed by atoms with Gasteiger partial charge in [0.1, 0.15) is 12.1 Å². The zero-order valence-corrected chi connectivity index (χ0v) is 10.7. The summed E-state index contributed by atoms with van der Waals surface area (Å²) in [4.78, 5) is 0.0721. The Morgan fingerprint density at radius 2 is 2.00 bits per heavy atom. The predicted octanol–water partition coefficient (Wildman–Crippen LogP) is 1.56. The fraction of sp³-hybridized carbons (Fsp3) is 0.100. The Kier molecular flexibility index (Phi) is 4.27. The van der Waals surface area contributed by atoms with E-state index in [1.54, 1.807) is 12.1 Å². The van der Waals surface area contributed by atoms with Crippen molar-refractivity contribution < 1.29 is 8.42 Å². The van der Waals surface area contributed by atoms with E-state index < -0.39 is 9.84 Å². The van der Waals surface area contributed by atoms with Crippen molar-refractivity contribution in [3.8, 4) is 12.1 Å². The molecule has 1 aromatic rings. The highest BCUT2D eigenvalue weighted by Gasteiger charge is 2.09. The van der Waals surface area contributed by atoms with E-state index >= 15 is 0 Å². The van der Waals surface area contributed by atoms with E-state index in [0.717, 1.165) is 6.26 Å². The third kappa shape index (κ3) is 3.45. The first-order chi connectivity index (χ1) is 8.38. The molecule has 0 aromatic heterocycles. The number of hydrogen-bond acceptors (Lipinski definition) is 6. The molecular formula is C10H7ClN4O2S. The van der Waals surface area contributed by atoms with Crippen molar-refractivity contribution in [2.75, 3.05) is 11.7 Å². The fourth-order valence-electron chi connectivity index (χ4n) is 1.01. The summed E-state index contributed by atoms with van der Waals surface area (Å²) in [5, 5.41) is 20.6. The SMILES string of the molecule is CS(=O)(=O)c1ccc(NN=C(C#N)C#N)c(Cl)c1. The van der Waals surface area contributed by atoms with Crippen LogP contribution in [0.15, 0.2) is 28.2 Å². The minimum Gasteiger partial charge on any atom is -0.275 e. The Hall–Kier alpha value is -2.09. The van der Waals surface area contributed by atoms with Crippen LogP contribution in [-0.4, -0.2) is 20.4 Å². The zero-order valence-electron chi connectivity index (χ0n) is 9.18. The quantitative estimate of drug-likeness (QED) is 0.669. The maximum absolute atomic E-state index is 11.3. The van der Waals surface area contributed by atoms with E-state index in [-0.39, 0.29) is 15.6 Å². The van der Waals surface area contributed by atoms with Crippen LogP contribution in [0.2, 0.25) is 5.02 Å². The van der Waals surface area contributed by atoms with Gasteiger partial charge in [-0.1, -0.05) is 11.6 Å². The van der Waals surface area contributed by atoms with Crippen LogP contribution < -0.4 is 5.43 Å². The van der Waals surface area contributed by atoms with E-state index in [9.17, 15) is 8.42 Å². The molecule has 1 aromatic carbocycles. The van der Waals surface area contributed by atoms with Crippen molar-refractivity contribution >= 4 is 32.8 Å². The maximum Gasteiger partial charge on any atom is 0.237 e. The van der Waals surface area contributed by atoms with Crippen LogP contribution in [0.1, 0.15) is 0 Å². The first-order valence-electron chi connectivity index (χ1n) is 4.52. The van der Waals surface area contributed by atoms with Gasteiger partial charge in [0.05, 0.1) is 15.6 Å². The van der Waals surface area contributed by atoms with Gasteiger partial charge in [-0.05, 0) is 18.2 Å². The molecule has 1 N–H and O–H groups in total. The van der Waals surface area contributed by atoms with E-state index in [2.05, 4.69) is 10.5 Å². The number of nitrogens with zero attached hydrogens (tertiary/aromatic N) is 3. The second kappa shape index (κ2) is 5.50. The number of benzene rings is 1. The van der Waals surface area contributed by atoms with Crippen molar-refractivity contribution in [3.63, 3.8) is 0 Å². The summed E-state index contributed by atoms with van der Waals surface area (Å²) in [6.45, 7) is 0. The van der Waals surface area contributed by atoms with E-state index in [1.165, 1.54) is 18.2 Å². The van der Waals surface area contributed by atoms with Gasteiger partial charge in [-0.25, -0.2) is 8.42 Å². The molecule has 1 rings (SSSR count). The largest absolute Gasteiger partial charge is 0.275 e. The molecule has 0 radical (unpaired) electrons. The van der Waals surface area contributed by atoms with Gasteiger partial charge in [-0.3, -0.25) is 5.43 Å². The highest BCUT2D eigenvalue weighted by molar-refractivity contribution is 7.90. The minimum atomic E-state index is -3.34. The average molecular weight is 283 g/mol. The molecule has 0 fully saturated rings. The highest BCUT2D eigenvalue weighted by Crippen LogP contribution is 2.25. The average Bonchev–Trinajstić information content (AvgIpc) is 2.30. The van der Waals surface area contributed by atoms with E-state index in [4.69, 9.17) is 22.1 Å². The topological polar surface area (TPSA) is 106 Å². The third-order valence-corrected chi connectivity index (χ3v) is 3.29. The summed E-state index contributed by atoms with van der Waals surface area (Å²) in [7, 11) is -3.34. The summed E-state index contributed by atoms with van der Waals surface area (Å²) in [6, 6.07) is 7.13. The number of rotatable bonds is 3.